The molecule has 5 nitrogen and oxygen atoms in total. The van der Waals surface area contributed by atoms with Crippen molar-refractivity contribution in [3.8, 4) is 11.1 Å². The molecule has 1 N–H and O–H groups in total. The van der Waals surface area contributed by atoms with Gasteiger partial charge in [0.25, 0.3) is 5.91 Å². The number of likely N-dealkylation sites (tertiary alicyclic amines) is 1. The largest absolute Gasteiger partial charge is 0.405 e. The van der Waals surface area contributed by atoms with Crippen molar-refractivity contribution in [3.05, 3.63) is 54.4 Å². The minimum atomic E-state index is -4.48. The lowest BCUT2D eigenvalue weighted by Gasteiger charge is -2.24. The first-order valence-corrected chi connectivity index (χ1v) is 8.51. The summed E-state index contributed by atoms with van der Waals surface area (Å²) in [6.07, 6.45) is -0.253. The van der Waals surface area contributed by atoms with Crippen LogP contribution in [0.2, 0.25) is 0 Å². The van der Waals surface area contributed by atoms with Gasteiger partial charge in [-0.3, -0.25) is 14.6 Å². The second-order valence-electron chi connectivity index (χ2n) is 6.31. The smallest absolute Gasteiger partial charge is 0.345 e. The van der Waals surface area contributed by atoms with Crippen molar-refractivity contribution in [1.29, 1.82) is 0 Å². The van der Waals surface area contributed by atoms with E-state index in [0.717, 1.165) is 11.1 Å². The summed E-state index contributed by atoms with van der Waals surface area (Å²) in [4.78, 5) is 30.4. The van der Waals surface area contributed by atoms with Crippen LogP contribution in [0.5, 0.6) is 0 Å². The Bertz CT molecular complexity index is 824. The standard InChI is InChI=1S/C19H18F3N3O2/c20-19(21,22)12-24-17(26)16-7-3-9-25(16)18(27)14-5-1-4-13(10-14)15-6-2-8-23-11-15/h1-2,4-6,8,10-11,16H,3,7,9,12H2,(H,24,26). The second-order valence-corrected chi connectivity index (χ2v) is 6.31. The molecular weight excluding hydrogens is 359 g/mol. The van der Waals surface area contributed by atoms with Crippen molar-refractivity contribution in [2.45, 2.75) is 25.1 Å². The van der Waals surface area contributed by atoms with Gasteiger partial charge in [-0.05, 0) is 36.6 Å². The lowest BCUT2D eigenvalue weighted by atomic mass is 10.0. The number of halogens is 3. The van der Waals surface area contributed by atoms with Crippen molar-refractivity contribution in [3.63, 3.8) is 0 Å². The molecule has 142 valence electrons. The van der Waals surface area contributed by atoms with Crippen LogP contribution in [0, 0.1) is 0 Å². The minimum absolute atomic E-state index is 0.333. The Kier molecular flexibility index (Phi) is 5.43. The molecule has 3 rings (SSSR count). The highest BCUT2D eigenvalue weighted by atomic mass is 19.4. The van der Waals surface area contributed by atoms with Crippen LogP contribution in [0.1, 0.15) is 23.2 Å². The van der Waals surface area contributed by atoms with E-state index in [1.54, 1.807) is 36.7 Å². The summed E-state index contributed by atoms with van der Waals surface area (Å²) >= 11 is 0. The molecule has 2 aromatic rings. The zero-order valence-corrected chi connectivity index (χ0v) is 14.4. The molecular formula is C19H18F3N3O2. The second kappa shape index (κ2) is 7.77. The lowest BCUT2D eigenvalue weighted by Crippen LogP contribution is -2.48. The number of carbonyl (C=O) groups excluding carboxylic acids is 2. The number of benzene rings is 1. The number of aromatic nitrogens is 1. The van der Waals surface area contributed by atoms with Crippen molar-refractivity contribution in [1.82, 2.24) is 15.2 Å². The summed E-state index contributed by atoms with van der Waals surface area (Å²) in [6.45, 7) is -1.07. The maximum Gasteiger partial charge on any atom is 0.405 e. The molecule has 1 fully saturated rings. The number of hydrogen-bond donors (Lipinski definition) is 1. The molecule has 0 aliphatic carbocycles. The maximum absolute atomic E-state index is 12.9. The Balaban J connectivity index is 1.76. The lowest BCUT2D eigenvalue weighted by molar-refractivity contribution is -0.140. The zero-order chi connectivity index (χ0) is 19.4. The molecule has 8 heteroatoms. The highest BCUT2D eigenvalue weighted by Crippen LogP contribution is 2.24. The van der Waals surface area contributed by atoms with Gasteiger partial charge in [0.15, 0.2) is 0 Å². The van der Waals surface area contributed by atoms with Gasteiger partial charge in [-0.1, -0.05) is 18.2 Å². The molecule has 0 saturated carbocycles. The SMILES string of the molecule is O=C(NCC(F)(F)F)C1CCCN1C(=O)c1cccc(-c2cccnc2)c1. The predicted octanol–water partition coefficient (Wildman–Crippen LogP) is 3.03. The number of nitrogens with zero attached hydrogens (tertiary/aromatic N) is 2. The van der Waals surface area contributed by atoms with Gasteiger partial charge in [0.1, 0.15) is 12.6 Å². The summed E-state index contributed by atoms with van der Waals surface area (Å²) < 4.78 is 37.0. The number of rotatable bonds is 4. The minimum Gasteiger partial charge on any atom is -0.345 e. The third kappa shape index (κ3) is 4.64. The van der Waals surface area contributed by atoms with E-state index in [0.29, 0.717) is 24.9 Å². The molecule has 27 heavy (non-hydrogen) atoms. The van der Waals surface area contributed by atoms with E-state index in [1.165, 1.54) is 4.90 Å². The number of hydrogen-bond acceptors (Lipinski definition) is 3. The average Bonchev–Trinajstić information content (AvgIpc) is 3.15. The predicted molar refractivity (Wildman–Crippen MR) is 92.8 cm³/mol. The molecule has 0 radical (unpaired) electrons. The van der Waals surface area contributed by atoms with Crippen molar-refractivity contribution in [2.75, 3.05) is 13.1 Å². The van der Waals surface area contributed by atoms with E-state index in [2.05, 4.69) is 4.98 Å². The summed E-state index contributed by atoms with van der Waals surface area (Å²) in [6, 6.07) is 9.65. The molecule has 1 aliphatic heterocycles. The van der Waals surface area contributed by atoms with E-state index in [4.69, 9.17) is 0 Å². The van der Waals surface area contributed by atoms with E-state index in [-0.39, 0.29) is 5.91 Å². The van der Waals surface area contributed by atoms with Crippen LogP contribution in [0.3, 0.4) is 0 Å². The summed E-state index contributed by atoms with van der Waals surface area (Å²) in [5, 5.41) is 1.87. The maximum atomic E-state index is 12.9. The van der Waals surface area contributed by atoms with Crippen LogP contribution in [0.25, 0.3) is 11.1 Å². The van der Waals surface area contributed by atoms with E-state index < -0.39 is 24.7 Å². The first-order valence-electron chi connectivity index (χ1n) is 8.51. The summed E-state index contributed by atoms with van der Waals surface area (Å²) in [5.41, 5.74) is 2.02. The van der Waals surface area contributed by atoms with E-state index in [1.807, 2.05) is 17.4 Å². The molecule has 1 aromatic carbocycles. The molecule has 1 saturated heterocycles. The molecule has 1 aromatic heterocycles. The summed E-state index contributed by atoms with van der Waals surface area (Å²) in [7, 11) is 0. The van der Waals surface area contributed by atoms with Crippen LogP contribution in [0.15, 0.2) is 48.8 Å². The van der Waals surface area contributed by atoms with Crippen LogP contribution >= 0.6 is 0 Å². The van der Waals surface area contributed by atoms with Crippen LogP contribution in [-0.2, 0) is 4.79 Å². The molecule has 0 bridgehead atoms. The Labute approximate surface area is 154 Å². The van der Waals surface area contributed by atoms with Crippen molar-refractivity contribution < 1.29 is 22.8 Å². The Hall–Kier alpha value is -2.90. The van der Waals surface area contributed by atoms with Crippen molar-refractivity contribution in [2.24, 2.45) is 0 Å². The fraction of sp³-hybridized carbons (Fsp3) is 0.316. The third-order valence-electron chi connectivity index (χ3n) is 4.38. The topological polar surface area (TPSA) is 62.3 Å². The normalized spacial score (nSPS) is 17.0. The Morgan fingerprint density at radius 3 is 2.67 bits per heavy atom. The number of carbonyl (C=O) groups is 2. The van der Waals surface area contributed by atoms with Gasteiger partial charge in [-0.2, -0.15) is 13.2 Å². The Morgan fingerprint density at radius 2 is 1.96 bits per heavy atom. The summed E-state index contributed by atoms with van der Waals surface area (Å²) in [5.74, 6) is -1.15. The third-order valence-corrected chi connectivity index (χ3v) is 4.38. The monoisotopic (exact) mass is 377 g/mol. The van der Waals surface area contributed by atoms with Gasteiger partial charge in [-0.25, -0.2) is 0 Å². The van der Waals surface area contributed by atoms with Crippen LogP contribution < -0.4 is 5.32 Å². The van der Waals surface area contributed by atoms with Crippen LogP contribution in [-0.4, -0.2) is 47.0 Å². The van der Waals surface area contributed by atoms with E-state index >= 15 is 0 Å². The molecule has 2 amide bonds. The number of nitrogens with one attached hydrogen (secondary N) is 1. The first kappa shape index (κ1) is 18.9. The quantitative estimate of drug-likeness (QED) is 0.891. The fourth-order valence-electron chi connectivity index (χ4n) is 3.12. The van der Waals surface area contributed by atoms with Gasteiger partial charge in [-0.15, -0.1) is 0 Å². The number of pyridine rings is 1. The zero-order valence-electron chi connectivity index (χ0n) is 14.4. The van der Waals surface area contributed by atoms with Gasteiger partial charge < -0.3 is 10.2 Å². The molecule has 1 aliphatic rings. The molecule has 0 spiro atoms. The van der Waals surface area contributed by atoms with E-state index in [9.17, 15) is 22.8 Å². The molecule has 1 atom stereocenters. The van der Waals surface area contributed by atoms with Gasteiger partial charge in [0, 0.05) is 30.1 Å². The van der Waals surface area contributed by atoms with Gasteiger partial charge >= 0.3 is 6.18 Å². The van der Waals surface area contributed by atoms with Gasteiger partial charge in [0.05, 0.1) is 0 Å². The van der Waals surface area contributed by atoms with Gasteiger partial charge in [0.2, 0.25) is 5.91 Å². The van der Waals surface area contributed by atoms with Crippen molar-refractivity contribution >= 4 is 11.8 Å². The highest BCUT2D eigenvalue weighted by Gasteiger charge is 2.36. The number of amides is 2. The highest BCUT2D eigenvalue weighted by molar-refractivity contribution is 5.98. The Morgan fingerprint density at radius 1 is 1.19 bits per heavy atom. The number of alkyl halides is 3. The molecule has 2 heterocycles. The first-order chi connectivity index (χ1) is 12.8. The fourth-order valence-corrected chi connectivity index (χ4v) is 3.12. The molecule has 1 unspecified atom stereocenters. The van der Waals surface area contributed by atoms with Crippen LogP contribution in [0.4, 0.5) is 13.2 Å². The average molecular weight is 377 g/mol.